The molecule has 0 aliphatic carbocycles. The molecule has 0 saturated heterocycles. The highest BCUT2D eigenvalue weighted by Crippen LogP contribution is 2.40. The van der Waals surface area contributed by atoms with Crippen molar-refractivity contribution in [3.8, 4) is 79.3 Å². The number of oxazole rings is 1. The molecule has 0 unspecified atom stereocenters. The molecule has 0 fully saturated rings. The molecule has 0 amide bonds. The van der Waals surface area contributed by atoms with Crippen molar-refractivity contribution < 1.29 is 4.42 Å². The molecule has 15 aromatic rings. The van der Waals surface area contributed by atoms with Crippen molar-refractivity contribution >= 4 is 76.0 Å². The largest absolute Gasteiger partial charge is 0.435 e. The van der Waals surface area contributed by atoms with Crippen molar-refractivity contribution in [1.82, 2.24) is 34.9 Å². The van der Waals surface area contributed by atoms with Crippen LogP contribution < -0.4 is 0 Å². The fourth-order valence-corrected chi connectivity index (χ4v) is 10.5. The Hall–Kier alpha value is -10.3. The van der Waals surface area contributed by atoms with Crippen LogP contribution in [0.15, 0.2) is 241 Å². The predicted octanol–water partition coefficient (Wildman–Crippen LogP) is 16.8. The first kappa shape index (κ1) is 42.4. The highest BCUT2D eigenvalue weighted by atomic mass is 16.3. The summed E-state index contributed by atoms with van der Waals surface area (Å²) in [6.07, 6.45) is 3.57. The van der Waals surface area contributed by atoms with E-state index in [0.29, 0.717) is 34.2 Å². The summed E-state index contributed by atoms with van der Waals surface area (Å²) < 4.78 is 6.93. The van der Waals surface area contributed by atoms with Crippen molar-refractivity contribution in [1.29, 1.82) is 0 Å². The van der Waals surface area contributed by atoms with Crippen LogP contribution >= 0.6 is 0 Å². The van der Waals surface area contributed by atoms with Gasteiger partial charge in [-0.15, -0.1) is 0 Å². The van der Waals surface area contributed by atoms with Crippen molar-refractivity contribution in [3.63, 3.8) is 0 Å². The molecule has 15 rings (SSSR count). The first-order valence-electron chi connectivity index (χ1n) is 24.9. The molecule has 0 N–H and O–H groups in total. The fraction of sp³-hybridized carbons (Fsp3) is 0. The van der Waals surface area contributed by atoms with E-state index in [4.69, 9.17) is 39.3 Å². The van der Waals surface area contributed by atoms with Gasteiger partial charge in [0.05, 0.1) is 28.3 Å². The molecule has 8 nitrogen and oxygen atoms in total. The van der Waals surface area contributed by atoms with Crippen molar-refractivity contribution in [2.45, 2.75) is 0 Å². The van der Waals surface area contributed by atoms with Crippen LogP contribution in [0.2, 0.25) is 0 Å². The summed E-state index contributed by atoms with van der Waals surface area (Å²) in [4.78, 5) is 36.6. The maximum Gasteiger partial charge on any atom is 0.227 e. The highest BCUT2D eigenvalue weighted by molar-refractivity contribution is 6.20. The quantitative estimate of drug-likeness (QED) is 0.146. The van der Waals surface area contributed by atoms with Gasteiger partial charge in [-0.2, -0.15) is 0 Å². The number of hydrogen-bond acceptors (Lipinski definition) is 8. The maximum atomic E-state index is 6.93. The molecule has 0 atom stereocenters. The van der Waals surface area contributed by atoms with Crippen LogP contribution in [0.3, 0.4) is 0 Å². The average Bonchev–Trinajstić information content (AvgIpc) is 3.98. The summed E-state index contributed by atoms with van der Waals surface area (Å²) in [5.41, 5.74) is 12.0. The van der Waals surface area contributed by atoms with E-state index in [0.717, 1.165) is 121 Å². The van der Waals surface area contributed by atoms with Crippen molar-refractivity contribution in [3.05, 3.63) is 237 Å². The zero-order chi connectivity index (χ0) is 49.4. The molecule has 0 bridgehead atoms. The zero-order valence-electron chi connectivity index (χ0n) is 40.1. The summed E-state index contributed by atoms with van der Waals surface area (Å²) in [6.45, 7) is 0. The monoisotopic (exact) mass is 957 g/mol. The van der Waals surface area contributed by atoms with E-state index in [1.165, 1.54) is 0 Å². The van der Waals surface area contributed by atoms with Gasteiger partial charge in [-0.05, 0) is 122 Å². The van der Waals surface area contributed by atoms with E-state index in [2.05, 4.69) is 200 Å². The van der Waals surface area contributed by atoms with Gasteiger partial charge in [-0.1, -0.05) is 146 Å². The van der Waals surface area contributed by atoms with Crippen molar-refractivity contribution in [2.75, 3.05) is 0 Å². The van der Waals surface area contributed by atoms with Gasteiger partial charge in [-0.25, -0.2) is 24.9 Å². The van der Waals surface area contributed by atoms with Gasteiger partial charge in [0.25, 0.3) is 0 Å². The van der Waals surface area contributed by atoms with E-state index < -0.39 is 0 Å². The minimum Gasteiger partial charge on any atom is -0.435 e. The number of rotatable bonds is 7. The summed E-state index contributed by atoms with van der Waals surface area (Å²) >= 11 is 0. The van der Waals surface area contributed by atoms with Crippen LogP contribution in [-0.4, -0.2) is 34.9 Å². The van der Waals surface area contributed by atoms with E-state index in [1.54, 1.807) is 12.4 Å². The number of nitrogens with zero attached hydrogens (tertiary/aromatic N) is 7. The Morgan fingerprint density at radius 2 is 0.613 bits per heavy atom. The molecule has 5 heterocycles. The second-order valence-corrected chi connectivity index (χ2v) is 19.0. The molecular weight excluding hydrogens is 919 g/mol. The Labute approximate surface area is 429 Å². The number of fused-ring (bicyclic) bond motifs is 10. The second kappa shape index (κ2) is 17.2. The van der Waals surface area contributed by atoms with Gasteiger partial charge < -0.3 is 4.42 Å². The number of aromatic nitrogens is 7. The third-order valence-corrected chi connectivity index (χ3v) is 14.3. The van der Waals surface area contributed by atoms with Crippen LogP contribution in [0.25, 0.3) is 155 Å². The van der Waals surface area contributed by atoms with Crippen LogP contribution in [0, 0.1) is 0 Å². The minimum absolute atomic E-state index is 0.412. The third kappa shape index (κ3) is 7.51. The first-order chi connectivity index (χ1) is 37.1. The molecular formula is C67H39N7O. The topological polar surface area (TPSA) is 103 Å². The molecule has 0 aliphatic heterocycles. The molecule has 0 aliphatic rings. The molecule has 348 valence electrons. The lowest BCUT2D eigenvalue weighted by Crippen LogP contribution is -1.99. The zero-order valence-corrected chi connectivity index (χ0v) is 40.1. The average molecular weight is 958 g/mol. The Morgan fingerprint density at radius 3 is 1.03 bits per heavy atom. The van der Waals surface area contributed by atoms with Gasteiger partial charge in [0.15, 0.2) is 17.2 Å². The van der Waals surface area contributed by atoms with Crippen LogP contribution in [0.1, 0.15) is 0 Å². The smallest absolute Gasteiger partial charge is 0.227 e. The normalized spacial score (nSPS) is 11.7. The second-order valence-electron chi connectivity index (χ2n) is 19.0. The van der Waals surface area contributed by atoms with Gasteiger partial charge in [0, 0.05) is 62.1 Å². The van der Waals surface area contributed by atoms with Gasteiger partial charge >= 0.3 is 0 Å². The third-order valence-electron chi connectivity index (χ3n) is 14.3. The van der Waals surface area contributed by atoms with E-state index in [9.17, 15) is 0 Å². The fourth-order valence-electron chi connectivity index (χ4n) is 10.5. The minimum atomic E-state index is 0.412. The molecule has 10 aromatic carbocycles. The molecule has 75 heavy (non-hydrogen) atoms. The summed E-state index contributed by atoms with van der Waals surface area (Å²) in [5.74, 6) is 1.45. The summed E-state index contributed by atoms with van der Waals surface area (Å²) in [6, 6.07) is 77.8. The van der Waals surface area contributed by atoms with Gasteiger partial charge in [-0.3, -0.25) is 9.97 Å². The number of benzene rings is 10. The molecule has 0 radical (unpaired) electrons. The Balaban J connectivity index is 0.995. The van der Waals surface area contributed by atoms with E-state index in [-0.39, 0.29) is 0 Å². The van der Waals surface area contributed by atoms with Crippen LogP contribution in [0.4, 0.5) is 0 Å². The Kier molecular flexibility index (Phi) is 9.71. The van der Waals surface area contributed by atoms with Gasteiger partial charge in [0.1, 0.15) is 11.0 Å². The number of pyridine rings is 2. The molecule has 5 aromatic heterocycles. The lowest BCUT2D eigenvalue weighted by Gasteiger charge is -2.14. The lowest BCUT2D eigenvalue weighted by molar-refractivity contribution is 0.623. The SMILES string of the molecule is c1ccc2cc(-c3cc(-c4ccc5ccccc5c4)nc(-c4cc(-c5nc(-c6ccc7ccccc7c6)cc(-c6ccc7ccccc7c6)n5)cc(-c5nc6c7cccnc7c7ncccc7c6o5)c4)n3)ccc2c1. The maximum absolute atomic E-state index is 6.93. The molecule has 0 saturated carbocycles. The predicted molar refractivity (Wildman–Crippen MR) is 304 cm³/mol. The van der Waals surface area contributed by atoms with Gasteiger partial charge in [0.2, 0.25) is 5.89 Å². The lowest BCUT2D eigenvalue weighted by atomic mass is 10.00. The summed E-state index contributed by atoms with van der Waals surface area (Å²) in [5, 5.41) is 10.8. The Morgan fingerprint density at radius 1 is 0.253 bits per heavy atom. The van der Waals surface area contributed by atoms with Crippen LogP contribution in [0.5, 0.6) is 0 Å². The molecule has 8 heteroatoms. The standard InChI is InChI=1S/C67H39N7O/c1-5-15-44-31-48(25-21-40(44)11-1)57-38-58(49-26-22-41-12-2-6-16-45(41)32-49)71-65(70-57)52-35-53(37-54(36-52)67-74-63-55-19-9-29-68-61(55)62-56(64(63)75-67)20-10-30-69-62)66-72-59(50-27-23-42-13-3-7-17-46(42)33-50)39-60(73-66)51-28-24-43-14-4-8-18-47(43)34-51/h1-39H. The number of hydrogen-bond donors (Lipinski definition) is 0. The molecule has 0 spiro atoms. The summed E-state index contributed by atoms with van der Waals surface area (Å²) in [7, 11) is 0. The highest BCUT2D eigenvalue weighted by Gasteiger charge is 2.22. The van der Waals surface area contributed by atoms with Crippen molar-refractivity contribution in [2.24, 2.45) is 0 Å². The first-order valence-corrected chi connectivity index (χ1v) is 24.9. The van der Waals surface area contributed by atoms with E-state index >= 15 is 0 Å². The Bertz CT molecular complexity index is 4320. The van der Waals surface area contributed by atoms with Crippen LogP contribution in [-0.2, 0) is 0 Å². The van der Waals surface area contributed by atoms with E-state index in [1.807, 2.05) is 24.3 Å².